The molecule has 0 spiro atoms. The zero-order valence-electron chi connectivity index (χ0n) is 11.7. The van der Waals surface area contributed by atoms with E-state index in [1.807, 2.05) is 20.8 Å². The third kappa shape index (κ3) is 2.96. The minimum atomic E-state index is -0.945. The molecule has 2 rings (SSSR count). The first kappa shape index (κ1) is 14.0. The molecule has 1 aromatic carbocycles. The standard InChI is InChI=1S/C14H17N3O3/c1-9(2)17-13(15-8-16-17)7-20-12-5-4-11(14(18)19)6-10(12)3/h4-6,8-9H,7H2,1-3H3,(H,18,19). The maximum atomic E-state index is 10.9. The number of aryl methyl sites for hydroxylation is 1. The van der Waals surface area contributed by atoms with Crippen molar-refractivity contribution in [2.45, 2.75) is 33.4 Å². The van der Waals surface area contributed by atoms with Crippen molar-refractivity contribution in [3.05, 3.63) is 41.5 Å². The summed E-state index contributed by atoms with van der Waals surface area (Å²) in [7, 11) is 0. The van der Waals surface area contributed by atoms with Crippen LogP contribution in [-0.4, -0.2) is 25.8 Å². The number of hydrogen-bond donors (Lipinski definition) is 1. The van der Waals surface area contributed by atoms with E-state index in [0.717, 1.165) is 11.4 Å². The number of carbonyl (C=O) groups is 1. The molecule has 106 valence electrons. The van der Waals surface area contributed by atoms with Crippen molar-refractivity contribution < 1.29 is 14.6 Å². The second kappa shape index (κ2) is 5.73. The van der Waals surface area contributed by atoms with Crippen molar-refractivity contribution in [1.29, 1.82) is 0 Å². The molecule has 2 aromatic rings. The number of aromatic nitrogens is 3. The van der Waals surface area contributed by atoms with Crippen LogP contribution in [-0.2, 0) is 6.61 Å². The smallest absolute Gasteiger partial charge is 0.335 e. The lowest BCUT2D eigenvalue weighted by molar-refractivity contribution is 0.0696. The van der Waals surface area contributed by atoms with E-state index in [9.17, 15) is 4.79 Å². The predicted octanol–water partition coefficient (Wildman–Crippen LogP) is 2.44. The molecule has 20 heavy (non-hydrogen) atoms. The number of aromatic carboxylic acids is 1. The number of nitrogens with zero attached hydrogens (tertiary/aromatic N) is 3. The van der Waals surface area contributed by atoms with Crippen LogP contribution in [0.25, 0.3) is 0 Å². The van der Waals surface area contributed by atoms with Crippen LogP contribution in [0.4, 0.5) is 0 Å². The first-order valence-electron chi connectivity index (χ1n) is 6.34. The molecule has 1 aromatic heterocycles. The Morgan fingerprint density at radius 3 is 2.80 bits per heavy atom. The second-order valence-corrected chi connectivity index (χ2v) is 4.79. The molecular formula is C14H17N3O3. The lowest BCUT2D eigenvalue weighted by Crippen LogP contribution is -2.11. The highest BCUT2D eigenvalue weighted by atomic mass is 16.5. The number of rotatable bonds is 5. The summed E-state index contributed by atoms with van der Waals surface area (Å²) in [4.78, 5) is 15.0. The molecule has 0 atom stereocenters. The Morgan fingerprint density at radius 2 is 2.20 bits per heavy atom. The van der Waals surface area contributed by atoms with Crippen LogP contribution in [0.1, 0.15) is 41.6 Å². The first-order valence-corrected chi connectivity index (χ1v) is 6.34. The Morgan fingerprint density at radius 1 is 1.45 bits per heavy atom. The van der Waals surface area contributed by atoms with Gasteiger partial charge < -0.3 is 9.84 Å². The van der Waals surface area contributed by atoms with Crippen LogP contribution in [0.2, 0.25) is 0 Å². The SMILES string of the molecule is Cc1cc(C(=O)O)ccc1OCc1ncnn1C(C)C. The highest BCUT2D eigenvalue weighted by Crippen LogP contribution is 2.20. The maximum Gasteiger partial charge on any atom is 0.335 e. The maximum absolute atomic E-state index is 10.9. The number of hydrogen-bond acceptors (Lipinski definition) is 4. The molecule has 0 radical (unpaired) electrons. The van der Waals surface area contributed by atoms with E-state index in [-0.39, 0.29) is 11.6 Å². The number of carboxylic acid groups (broad SMARTS) is 1. The van der Waals surface area contributed by atoms with Crippen molar-refractivity contribution in [2.24, 2.45) is 0 Å². The van der Waals surface area contributed by atoms with Gasteiger partial charge in [0.25, 0.3) is 0 Å². The van der Waals surface area contributed by atoms with E-state index in [0.29, 0.717) is 12.4 Å². The van der Waals surface area contributed by atoms with E-state index in [2.05, 4.69) is 10.1 Å². The average molecular weight is 275 g/mol. The summed E-state index contributed by atoms with van der Waals surface area (Å²) in [6.07, 6.45) is 1.50. The molecule has 0 saturated carbocycles. The summed E-state index contributed by atoms with van der Waals surface area (Å²) in [6.45, 7) is 6.15. The monoisotopic (exact) mass is 275 g/mol. The van der Waals surface area contributed by atoms with Gasteiger partial charge in [0.2, 0.25) is 0 Å². The Kier molecular flexibility index (Phi) is 4.02. The van der Waals surface area contributed by atoms with Gasteiger partial charge in [0.15, 0.2) is 5.82 Å². The summed E-state index contributed by atoms with van der Waals surface area (Å²) < 4.78 is 7.48. The molecule has 1 heterocycles. The predicted molar refractivity (Wildman–Crippen MR) is 72.9 cm³/mol. The van der Waals surface area contributed by atoms with Gasteiger partial charge in [-0.25, -0.2) is 14.5 Å². The van der Waals surface area contributed by atoms with Crippen molar-refractivity contribution in [3.63, 3.8) is 0 Å². The van der Waals surface area contributed by atoms with Crippen LogP contribution in [0.3, 0.4) is 0 Å². The molecule has 0 amide bonds. The minimum absolute atomic E-state index is 0.214. The molecule has 0 saturated heterocycles. The fraction of sp³-hybridized carbons (Fsp3) is 0.357. The van der Waals surface area contributed by atoms with Gasteiger partial charge in [0.1, 0.15) is 18.7 Å². The van der Waals surface area contributed by atoms with E-state index < -0.39 is 5.97 Å². The molecule has 0 fully saturated rings. The third-order valence-electron chi connectivity index (χ3n) is 2.92. The number of carboxylic acids is 1. The zero-order valence-corrected chi connectivity index (χ0v) is 11.7. The average Bonchev–Trinajstić information content (AvgIpc) is 2.85. The molecule has 0 bridgehead atoms. The number of benzene rings is 1. The fourth-order valence-electron chi connectivity index (χ4n) is 1.90. The van der Waals surface area contributed by atoms with Crippen LogP contribution in [0.15, 0.2) is 24.5 Å². The summed E-state index contributed by atoms with van der Waals surface area (Å²) in [5, 5.41) is 13.1. The van der Waals surface area contributed by atoms with E-state index >= 15 is 0 Å². The van der Waals surface area contributed by atoms with Gasteiger partial charge in [-0.2, -0.15) is 5.10 Å². The lowest BCUT2D eigenvalue weighted by atomic mass is 10.1. The van der Waals surface area contributed by atoms with Crippen molar-refractivity contribution >= 4 is 5.97 Å². The fourth-order valence-corrected chi connectivity index (χ4v) is 1.90. The minimum Gasteiger partial charge on any atom is -0.485 e. The Labute approximate surface area is 117 Å². The molecular weight excluding hydrogens is 258 g/mol. The normalized spacial score (nSPS) is 10.8. The highest BCUT2D eigenvalue weighted by Gasteiger charge is 2.10. The van der Waals surface area contributed by atoms with Gasteiger partial charge in [-0.1, -0.05) is 0 Å². The largest absolute Gasteiger partial charge is 0.485 e. The van der Waals surface area contributed by atoms with Crippen molar-refractivity contribution in [1.82, 2.24) is 14.8 Å². The van der Waals surface area contributed by atoms with Gasteiger partial charge in [-0.3, -0.25) is 0 Å². The molecule has 0 unspecified atom stereocenters. The summed E-state index contributed by atoms with van der Waals surface area (Å²) in [5.41, 5.74) is 1.03. The topological polar surface area (TPSA) is 77.2 Å². The molecule has 0 aliphatic carbocycles. The van der Waals surface area contributed by atoms with Crippen molar-refractivity contribution in [3.8, 4) is 5.75 Å². The van der Waals surface area contributed by atoms with E-state index in [4.69, 9.17) is 9.84 Å². The van der Waals surface area contributed by atoms with Gasteiger partial charge in [-0.15, -0.1) is 0 Å². The Hall–Kier alpha value is -2.37. The summed E-state index contributed by atoms with van der Waals surface area (Å²) in [5.74, 6) is 0.439. The Balaban J connectivity index is 2.11. The van der Waals surface area contributed by atoms with Crippen LogP contribution >= 0.6 is 0 Å². The summed E-state index contributed by atoms with van der Waals surface area (Å²) >= 11 is 0. The number of ether oxygens (including phenoxy) is 1. The van der Waals surface area contributed by atoms with Gasteiger partial charge >= 0.3 is 5.97 Å². The lowest BCUT2D eigenvalue weighted by Gasteiger charge is -2.12. The Bertz CT molecular complexity index is 620. The zero-order chi connectivity index (χ0) is 14.7. The summed E-state index contributed by atoms with van der Waals surface area (Å²) in [6, 6.07) is 4.99. The quantitative estimate of drug-likeness (QED) is 0.906. The van der Waals surface area contributed by atoms with Gasteiger partial charge in [0.05, 0.1) is 5.56 Å². The van der Waals surface area contributed by atoms with Gasteiger partial charge in [-0.05, 0) is 44.5 Å². The van der Waals surface area contributed by atoms with Crippen LogP contribution in [0.5, 0.6) is 5.75 Å². The van der Waals surface area contributed by atoms with Gasteiger partial charge in [0, 0.05) is 6.04 Å². The third-order valence-corrected chi connectivity index (χ3v) is 2.92. The van der Waals surface area contributed by atoms with E-state index in [1.165, 1.54) is 12.4 Å². The molecule has 0 aliphatic rings. The molecule has 6 nitrogen and oxygen atoms in total. The van der Waals surface area contributed by atoms with Crippen LogP contribution < -0.4 is 4.74 Å². The molecule has 1 N–H and O–H groups in total. The highest BCUT2D eigenvalue weighted by molar-refractivity contribution is 5.88. The van der Waals surface area contributed by atoms with E-state index in [1.54, 1.807) is 16.8 Å². The van der Waals surface area contributed by atoms with Crippen LogP contribution in [0, 0.1) is 6.92 Å². The second-order valence-electron chi connectivity index (χ2n) is 4.79. The molecule has 6 heteroatoms. The van der Waals surface area contributed by atoms with Crippen molar-refractivity contribution in [2.75, 3.05) is 0 Å². The first-order chi connectivity index (χ1) is 9.49. The molecule has 0 aliphatic heterocycles.